The van der Waals surface area contributed by atoms with Gasteiger partial charge in [0, 0.05) is 0 Å². The molecule has 0 aliphatic rings. The highest BCUT2D eigenvalue weighted by molar-refractivity contribution is 5.79. The van der Waals surface area contributed by atoms with Gasteiger partial charge in [-0.05, 0) is 0 Å². The van der Waals surface area contributed by atoms with E-state index < -0.39 is 0 Å². The van der Waals surface area contributed by atoms with Crippen molar-refractivity contribution < 1.29 is 4.74 Å². The first-order valence-electron chi connectivity index (χ1n) is 3.41. The molecule has 2 aromatic heterocycles. The molecule has 0 spiro atoms. The maximum absolute atomic E-state index is 10.9. The molecule has 5 nitrogen and oxygen atoms in total. The summed E-state index contributed by atoms with van der Waals surface area (Å²) in [4.78, 5) is 19.9. The van der Waals surface area contributed by atoms with Crippen LogP contribution in [0.5, 0.6) is 5.75 Å². The third-order valence-corrected chi connectivity index (χ3v) is 1.62. The topological polar surface area (TPSA) is 70.8 Å². The molecule has 0 fully saturated rings. The number of nitrogens with zero attached hydrogens (tertiary/aromatic N) is 1. The number of pyridine rings is 1. The first kappa shape index (κ1) is 6.90. The summed E-state index contributed by atoms with van der Waals surface area (Å²) in [7, 11) is 1.53. The fraction of sp³-hybridized carbons (Fsp3) is 0.143. The summed E-state index contributed by atoms with van der Waals surface area (Å²) < 4.78 is 4.99. The minimum atomic E-state index is -0.253. The van der Waals surface area contributed by atoms with E-state index in [9.17, 15) is 4.79 Å². The summed E-state index contributed by atoms with van der Waals surface area (Å²) in [6, 6.07) is 0. The molecule has 0 saturated carbocycles. The normalized spacial score (nSPS) is 10.4. The molecule has 0 aliphatic carbocycles. The maximum Gasteiger partial charge on any atom is 0.323 e. The molecule has 0 aromatic carbocycles. The number of imidazole rings is 1. The molecule has 12 heavy (non-hydrogen) atoms. The zero-order chi connectivity index (χ0) is 8.55. The Kier molecular flexibility index (Phi) is 1.36. The molecule has 2 aromatic rings. The van der Waals surface area contributed by atoms with Gasteiger partial charge in [-0.25, -0.2) is 4.79 Å². The first-order chi connectivity index (χ1) is 5.81. The Bertz CT molecular complexity index is 457. The van der Waals surface area contributed by atoms with Crippen molar-refractivity contribution in [3.63, 3.8) is 0 Å². The number of methoxy groups -OCH3 is 1. The monoisotopic (exact) mass is 165 g/mol. The Hall–Kier alpha value is -1.78. The van der Waals surface area contributed by atoms with Crippen molar-refractivity contribution in [2.24, 2.45) is 0 Å². The number of hydrogen-bond acceptors (Lipinski definition) is 3. The molecule has 0 radical (unpaired) electrons. The molecule has 0 bridgehead atoms. The lowest BCUT2D eigenvalue weighted by molar-refractivity contribution is 0.417. The number of fused-ring (bicyclic) bond motifs is 1. The number of hydrogen-bond donors (Lipinski definition) is 2. The van der Waals surface area contributed by atoms with Crippen LogP contribution in [0.4, 0.5) is 0 Å². The largest absolute Gasteiger partial charge is 0.493 e. The van der Waals surface area contributed by atoms with Crippen molar-refractivity contribution in [3.8, 4) is 5.75 Å². The van der Waals surface area contributed by atoms with Crippen LogP contribution in [-0.4, -0.2) is 22.1 Å². The second-order valence-corrected chi connectivity index (χ2v) is 2.34. The fourth-order valence-electron chi connectivity index (χ4n) is 1.09. The van der Waals surface area contributed by atoms with Gasteiger partial charge in [-0.15, -0.1) is 0 Å². The van der Waals surface area contributed by atoms with Crippen LogP contribution in [0.25, 0.3) is 11.0 Å². The lowest BCUT2D eigenvalue weighted by Crippen LogP contribution is -1.99. The van der Waals surface area contributed by atoms with Gasteiger partial charge in [-0.2, -0.15) is 0 Å². The highest BCUT2D eigenvalue weighted by Gasteiger charge is 2.03. The summed E-state index contributed by atoms with van der Waals surface area (Å²) in [5.74, 6) is 0.561. The van der Waals surface area contributed by atoms with Gasteiger partial charge in [-0.1, -0.05) is 0 Å². The molecule has 0 amide bonds. The van der Waals surface area contributed by atoms with E-state index in [1.807, 2.05) is 0 Å². The smallest absolute Gasteiger partial charge is 0.323 e. The van der Waals surface area contributed by atoms with Crippen LogP contribution < -0.4 is 10.4 Å². The summed E-state index contributed by atoms with van der Waals surface area (Å²) in [6.45, 7) is 0. The molecule has 2 N–H and O–H groups in total. The van der Waals surface area contributed by atoms with Gasteiger partial charge in [0.25, 0.3) is 0 Å². The van der Waals surface area contributed by atoms with Crippen LogP contribution in [0, 0.1) is 0 Å². The lowest BCUT2D eigenvalue weighted by atomic mass is 10.4. The lowest BCUT2D eigenvalue weighted by Gasteiger charge is -1.97. The zero-order valence-electron chi connectivity index (χ0n) is 6.42. The standard InChI is InChI=1S/C7H7N3O2/c1-12-5-3-8-2-4-6(5)10-7(11)9-4/h2-3H,1H3,(H2,9,10,11). The second kappa shape index (κ2) is 2.37. The number of aromatic nitrogens is 3. The quantitative estimate of drug-likeness (QED) is 0.636. The molecular formula is C7H7N3O2. The van der Waals surface area contributed by atoms with Crippen molar-refractivity contribution in [3.05, 3.63) is 22.9 Å². The minimum absolute atomic E-state index is 0.253. The Morgan fingerprint density at radius 2 is 2.25 bits per heavy atom. The van der Waals surface area contributed by atoms with Crippen LogP contribution in [0.3, 0.4) is 0 Å². The molecule has 2 rings (SSSR count). The Morgan fingerprint density at radius 1 is 1.42 bits per heavy atom. The van der Waals surface area contributed by atoms with Gasteiger partial charge in [0.05, 0.1) is 25.0 Å². The summed E-state index contributed by atoms with van der Waals surface area (Å²) in [5, 5.41) is 0. The van der Waals surface area contributed by atoms with Crippen LogP contribution >= 0.6 is 0 Å². The van der Waals surface area contributed by atoms with E-state index in [1.54, 1.807) is 12.4 Å². The third-order valence-electron chi connectivity index (χ3n) is 1.62. The Balaban J connectivity index is 2.87. The molecule has 0 unspecified atom stereocenters. The average molecular weight is 165 g/mol. The van der Waals surface area contributed by atoms with Gasteiger partial charge in [-0.3, -0.25) is 4.98 Å². The van der Waals surface area contributed by atoms with Gasteiger partial charge in [0.2, 0.25) is 0 Å². The van der Waals surface area contributed by atoms with Crippen LogP contribution in [0.2, 0.25) is 0 Å². The maximum atomic E-state index is 10.9. The van der Waals surface area contributed by atoms with E-state index in [4.69, 9.17) is 4.74 Å². The number of ether oxygens (including phenoxy) is 1. The molecule has 0 aliphatic heterocycles. The number of nitrogens with one attached hydrogen (secondary N) is 2. The van der Waals surface area contributed by atoms with E-state index in [1.165, 1.54) is 7.11 Å². The summed E-state index contributed by atoms with van der Waals surface area (Å²) >= 11 is 0. The van der Waals surface area contributed by atoms with Gasteiger partial charge in [0.1, 0.15) is 5.52 Å². The molecule has 2 heterocycles. The second-order valence-electron chi connectivity index (χ2n) is 2.34. The van der Waals surface area contributed by atoms with Crippen molar-refractivity contribution >= 4 is 11.0 Å². The average Bonchev–Trinajstić information content (AvgIpc) is 2.44. The van der Waals surface area contributed by atoms with Crippen LogP contribution in [0.15, 0.2) is 17.2 Å². The van der Waals surface area contributed by atoms with E-state index in [0.717, 1.165) is 0 Å². The predicted octanol–water partition coefficient (Wildman–Crippen LogP) is 0.260. The predicted molar refractivity (Wildman–Crippen MR) is 43.3 cm³/mol. The SMILES string of the molecule is COc1cncc2[nH]c(=O)[nH]c12. The van der Waals surface area contributed by atoms with Gasteiger partial charge >= 0.3 is 5.69 Å². The molecule has 0 atom stereocenters. The number of H-pyrrole nitrogens is 2. The van der Waals surface area contributed by atoms with E-state index in [-0.39, 0.29) is 5.69 Å². The highest BCUT2D eigenvalue weighted by Crippen LogP contribution is 2.17. The van der Waals surface area contributed by atoms with Gasteiger partial charge in [0.15, 0.2) is 5.75 Å². The minimum Gasteiger partial charge on any atom is -0.493 e. The molecule has 0 saturated heterocycles. The molecule has 5 heteroatoms. The Morgan fingerprint density at radius 3 is 3.00 bits per heavy atom. The Labute approximate surface area is 67.4 Å². The third kappa shape index (κ3) is 0.868. The summed E-state index contributed by atoms with van der Waals surface area (Å²) in [5.41, 5.74) is 1.05. The summed E-state index contributed by atoms with van der Waals surface area (Å²) in [6.07, 6.45) is 3.11. The van der Waals surface area contributed by atoms with Crippen LogP contribution in [-0.2, 0) is 0 Å². The number of rotatable bonds is 1. The van der Waals surface area contributed by atoms with Crippen LogP contribution in [0.1, 0.15) is 0 Å². The van der Waals surface area contributed by atoms with E-state index in [2.05, 4.69) is 15.0 Å². The van der Waals surface area contributed by atoms with Crippen molar-refractivity contribution in [1.29, 1.82) is 0 Å². The fourth-order valence-corrected chi connectivity index (χ4v) is 1.09. The highest BCUT2D eigenvalue weighted by atomic mass is 16.5. The van der Waals surface area contributed by atoms with Crippen molar-refractivity contribution in [2.75, 3.05) is 7.11 Å². The van der Waals surface area contributed by atoms with E-state index in [0.29, 0.717) is 16.8 Å². The first-order valence-corrected chi connectivity index (χ1v) is 3.41. The molecule has 62 valence electrons. The zero-order valence-corrected chi connectivity index (χ0v) is 6.42. The molecular weight excluding hydrogens is 158 g/mol. The van der Waals surface area contributed by atoms with E-state index >= 15 is 0 Å². The van der Waals surface area contributed by atoms with Gasteiger partial charge < -0.3 is 14.7 Å². The van der Waals surface area contributed by atoms with Crippen molar-refractivity contribution in [2.45, 2.75) is 0 Å². The van der Waals surface area contributed by atoms with Crippen molar-refractivity contribution in [1.82, 2.24) is 15.0 Å². The number of aromatic amines is 2.